The van der Waals surface area contributed by atoms with Crippen LogP contribution in [0.4, 0.5) is 11.4 Å². The fourth-order valence-electron chi connectivity index (χ4n) is 4.14. The Morgan fingerprint density at radius 1 is 1.18 bits per heavy atom. The summed E-state index contributed by atoms with van der Waals surface area (Å²) < 4.78 is 32.8. The molecule has 1 fully saturated rings. The maximum atomic E-state index is 13.1. The van der Waals surface area contributed by atoms with E-state index < -0.39 is 15.9 Å². The van der Waals surface area contributed by atoms with Crippen LogP contribution in [0.1, 0.15) is 32.3 Å². The van der Waals surface area contributed by atoms with Gasteiger partial charge in [0.25, 0.3) is 0 Å². The first kappa shape index (κ1) is 23.3. The number of hydrogen-bond donors (Lipinski definition) is 1. The number of nitrogens with zero attached hydrogens (tertiary/aromatic N) is 2. The highest BCUT2D eigenvalue weighted by molar-refractivity contribution is 7.89. The lowest BCUT2D eigenvalue weighted by Gasteiger charge is -2.23. The Bertz CT molecular complexity index is 1180. The Morgan fingerprint density at radius 3 is 2.61 bits per heavy atom. The van der Waals surface area contributed by atoms with Crippen molar-refractivity contribution in [2.75, 3.05) is 30.4 Å². The SMILES string of the molecule is CCOc1ccccc1NC(=O)CN(C)S(=O)(=O)c1ccc2c(c1)C[C@@H](C)N2C(=O)C1CC1. The number of ether oxygens (including phenoxy) is 1. The summed E-state index contributed by atoms with van der Waals surface area (Å²) in [6.45, 7) is 3.92. The van der Waals surface area contributed by atoms with Gasteiger partial charge in [-0.1, -0.05) is 12.1 Å². The minimum atomic E-state index is -3.89. The minimum absolute atomic E-state index is 0.0000284. The zero-order chi connectivity index (χ0) is 23.8. The minimum Gasteiger partial charge on any atom is -0.492 e. The topological polar surface area (TPSA) is 96.0 Å². The first-order chi connectivity index (χ1) is 15.7. The van der Waals surface area contributed by atoms with E-state index in [-0.39, 0.29) is 29.3 Å². The van der Waals surface area contributed by atoms with Crippen molar-refractivity contribution >= 4 is 33.2 Å². The Balaban J connectivity index is 1.48. The molecule has 1 atom stereocenters. The van der Waals surface area contributed by atoms with Gasteiger partial charge in [0.15, 0.2) is 0 Å². The Morgan fingerprint density at radius 2 is 1.91 bits per heavy atom. The van der Waals surface area contributed by atoms with Crippen LogP contribution >= 0.6 is 0 Å². The second kappa shape index (κ2) is 9.15. The Labute approximate surface area is 194 Å². The number of rotatable bonds is 8. The van der Waals surface area contributed by atoms with E-state index in [1.54, 1.807) is 41.3 Å². The van der Waals surface area contributed by atoms with Gasteiger partial charge >= 0.3 is 0 Å². The van der Waals surface area contributed by atoms with Crippen molar-refractivity contribution in [3.05, 3.63) is 48.0 Å². The molecular weight excluding hydrogens is 442 g/mol. The van der Waals surface area contributed by atoms with Gasteiger partial charge in [0.05, 0.1) is 23.7 Å². The number of nitrogens with one attached hydrogen (secondary N) is 1. The van der Waals surface area contributed by atoms with E-state index in [1.807, 2.05) is 13.8 Å². The zero-order valence-electron chi connectivity index (χ0n) is 19.1. The third-order valence-corrected chi connectivity index (χ3v) is 7.77. The maximum absolute atomic E-state index is 13.1. The number of benzene rings is 2. The Kier molecular flexibility index (Phi) is 6.45. The van der Waals surface area contributed by atoms with Crippen molar-refractivity contribution in [1.82, 2.24) is 4.31 Å². The fraction of sp³-hybridized carbons (Fsp3) is 0.417. The first-order valence-electron chi connectivity index (χ1n) is 11.2. The lowest BCUT2D eigenvalue weighted by Crippen LogP contribution is -2.36. The van der Waals surface area contributed by atoms with E-state index in [0.717, 1.165) is 28.4 Å². The zero-order valence-corrected chi connectivity index (χ0v) is 19.9. The van der Waals surface area contributed by atoms with Crippen LogP contribution in [-0.4, -0.2) is 50.8 Å². The van der Waals surface area contributed by atoms with Gasteiger partial charge in [0, 0.05) is 24.7 Å². The Hall–Kier alpha value is -2.91. The molecule has 2 aromatic carbocycles. The number of anilines is 2. The molecule has 0 bridgehead atoms. The largest absolute Gasteiger partial charge is 0.492 e. The van der Waals surface area contributed by atoms with E-state index in [2.05, 4.69) is 5.32 Å². The molecule has 1 aliphatic carbocycles. The molecule has 33 heavy (non-hydrogen) atoms. The highest BCUT2D eigenvalue weighted by Crippen LogP contribution is 2.39. The summed E-state index contributed by atoms with van der Waals surface area (Å²) in [5.41, 5.74) is 2.11. The summed E-state index contributed by atoms with van der Waals surface area (Å²) in [5.74, 6) is 0.276. The van der Waals surface area contributed by atoms with Gasteiger partial charge in [0.2, 0.25) is 21.8 Å². The number of amides is 2. The van der Waals surface area contributed by atoms with E-state index in [1.165, 1.54) is 13.1 Å². The summed E-state index contributed by atoms with van der Waals surface area (Å²) in [4.78, 5) is 27.1. The van der Waals surface area contributed by atoms with E-state index in [4.69, 9.17) is 4.74 Å². The standard InChI is InChI=1S/C24H29N3O5S/c1-4-32-22-8-6-5-7-20(22)25-23(28)15-26(3)33(30,31)19-11-12-21-18(14-19)13-16(2)27(21)24(29)17-9-10-17/h5-8,11-12,14,16-17H,4,9-10,13,15H2,1-3H3,(H,25,28)/t16-/m1/s1. The molecule has 0 spiro atoms. The average molecular weight is 472 g/mol. The molecule has 2 amide bonds. The van der Waals surface area contributed by atoms with Crippen molar-refractivity contribution < 1.29 is 22.7 Å². The highest BCUT2D eigenvalue weighted by atomic mass is 32.2. The summed E-state index contributed by atoms with van der Waals surface area (Å²) in [6, 6.07) is 11.8. The molecule has 1 saturated carbocycles. The summed E-state index contributed by atoms with van der Waals surface area (Å²) in [6.07, 6.45) is 2.45. The number of fused-ring (bicyclic) bond motifs is 1. The van der Waals surface area contributed by atoms with Crippen molar-refractivity contribution in [3.8, 4) is 5.75 Å². The molecule has 0 radical (unpaired) electrons. The number of carbonyl (C=O) groups is 2. The quantitative estimate of drug-likeness (QED) is 0.639. The molecule has 9 heteroatoms. The van der Waals surface area contributed by atoms with Crippen LogP contribution in [0.2, 0.25) is 0 Å². The van der Waals surface area contributed by atoms with E-state index >= 15 is 0 Å². The van der Waals surface area contributed by atoms with Gasteiger partial charge in [-0.25, -0.2) is 8.42 Å². The third-order valence-electron chi connectivity index (χ3n) is 5.97. The van der Waals surface area contributed by atoms with Gasteiger partial charge in [-0.2, -0.15) is 4.31 Å². The van der Waals surface area contributed by atoms with Gasteiger partial charge in [0.1, 0.15) is 5.75 Å². The normalized spacial score (nSPS) is 17.7. The lowest BCUT2D eigenvalue weighted by molar-refractivity contribution is -0.120. The first-order valence-corrected chi connectivity index (χ1v) is 12.6. The van der Waals surface area contributed by atoms with Gasteiger partial charge in [-0.15, -0.1) is 0 Å². The van der Waals surface area contributed by atoms with E-state index in [0.29, 0.717) is 24.5 Å². The van der Waals surface area contributed by atoms with Gasteiger partial charge in [-0.3, -0.25) is 9.59 Å². The molecule has 176 valence electrons. The van der Waals surface area contributed by atoms with Crippen molar-refractivity contribution in [2.45, 2.75) is 44.0 Å². The van der Waals surface area contributed by atoms with Crippen molar-refractivity contribution in [2.24, 2.45) is 5.92 Å². The third kappa shape index (κ3) is 4.74. The molecule has 0 saturated heterocycles. The van der Waals surface area contributed by atoms with Crippen LogP contribution < -0.4 is 15.0 Å². The smallest absolute Gasteiger partial charge is 0.243 e. The molecule has 0 unspecified atom stereocenters. The number of likely N-dealkylation sites (N-methyl/N-ethyl adjacent to an activating group) is 1. The number of hydrogen-bond acceptors (Lipinski definition) is 5. The summed E-state index contributed by atoms with van der Waals surface area (Å²) >= 11 is 0. The summed E-state index contributed by atoms with van der Waals surface area (Å²) in [5, 5.41) is 2.72. The molecule has 1 N–H and O–H groups in total. The van der Waals surface area contributed by atoms with Crippen LogP contribution in [0, 0.1) is 5.92 Å². The molecule has 4 rings (SSSR count). The van der Waals surface area contributed by atoms with Crippen LogP contribution in [0.3, 0.4) is 0 Å². The predicted octanol–water partition coefficient (Wildman–Crippen LogP) is 3.03. The predicted molar refractivity (Wildman–Crippen MR) is 126 cm³/mol. The maximum Gasteiger partial charge on any atom is 0.243 e. The van der Waals surface area contributed by atoms with Crippen LogP contribution in [0.5, 0.6) is 5.75 Å². The summed E-state index contributed by atoms with van der Waals surface area (Å²) in [7, 11) is -2.51. The lowest BCUT2D eigenvalue weighted by atomic mass is 10.1. The fourth-order valence-corrected chi connectivity index (χ4v) is 5.32. The number of sulfonamides is 1. The molecule has 0 aromatic heterocycles. The van der Waals surface area contributed by atoms with Gasteiger partial charge in [-0.05, 0) is 69.0 Å². The molecule has 1 aliphatic heterocycles. The number of para-hydroxylation sites is 2. The van der Waals surface area contributed by atoms with Gasteiger partial charge < -0.3 is 15.0 Å². The van der Waals surface area contributed by atoms with Crippen molar-refractivity contribution in [1.29, 1.82) is 0 Å². The van der Waals surface area contributed by atoms with Crippen LogP contribution in [0.25, 0.3) is 0 Å². The second-order valence-corrected chi connectivity index (χ2v) is 10.6. The number of carbonyl (C=O) groups excluding carboxylic acids is 2. The second-order valence-electron chi connectivity index (χ2n) is 8.56. The average Bonchev–Trinajstić information content (AvgIpc) is 3.56. The highest BCUT2D eigenvalue weighted by Gasteiger charge is 2.40. The molecule has 2 aromatic rings. The molecule has 1 heterocycles. The van der Waals surface area contributed by atoms with E-state index in [9.17, 15) is 18.0 Å². The molecular formula is C24H29N3O5S. The van der Waals surface area contributed by atoms with Crippen LogP contribution in [-0.2, 0) is 26.0 Å². The monoisotopic (exact) mass is 471 g/mol. The molecule has 8 nitrogen and oxygen atoms in total. The van der Waals surface area contributed by atoms with Crippen LogP contribution in [0.15, 0.2) is 47.4 Å². The molecule has 2 aliphatic rings. The van der Waals surface area contributed by atoms with Crippen molar-refractivity contribution in [3.63, 3.8) is 0 Å².